The van der Waals surface area contributed by atoms with Gasteiger partial charge in [0.05, 0.1) is 6.61 Å². The zero-order chi connectivity index (χ0) is 14.8. The highest BCUT2D eigenvalue weighted by molar-refractivity contribution is 5.38. The third-order valence-corrected chi connectivity index (χ3v) is 3.12. The second-order valence-electron chi connectivity index (χ2n) is 4.79. The molecule has 20 heavy (non-hydrogen) atoms. The molecule has 0 aliphatic carbocycles. The molecule has 5 nitrogen and oxygen atoms in total. The van der Waals surface area contributed by atoms with Crippen LogP contribution < -0.4 is 10.1 Å². The van der Waals surface area contributed by atoms with Crippen molar-refractivity contribution in [1.29, 1.82) is 0 Å². The molecule has 0 aliphatic heterocycles. The van der Waals surface area contributed by atoms with Crippen LogP contribution in [0.3, 0.4) is 0 Å². The van der Waals surface area contributed by atoms with Gasteiger partial charge in [-0.25, -0.2) is 4.98 Å². The molecule has 1 heterocycles. The highest BCUT2D eigenvalue weighted by Gasteiger charge is 2.03. The minimum Gasteiger partial charge on any atom is -0.478 e. The zero-order valence-corrected chi connectivity index (χ0v) is 13.3. The molecule has 1 aromatic heterocycles. The third kappa shape index (κ3) is 6.19. The summed E-state index contributed by atoms with van der Waals surface area (Å²) in [5.41, 5.74) is 0. The van der Waals surface area contributed by atoms with Crippen molar-refractivity contribution in [2.24, 2.45) is 0 Å². The molecular weight excluding hydrogens is 252 g/mol. The van der Waals surface area contributed by atoms with Gasteiger partial charge >= 0.3 is 0 Å². The van der Waals surface area contributed by atoms with E-state index in [9.17, 15) is 0 Å². The average Bonchev–Trinajstić information content (AvgIpc) is 2.45. The summed E-state index contributed by atoms with van der Waals surface area (Å²) in [5.74, 6) is 2.25. The summed E-state index contributed by atoms with van der Waals surface area (Å²) in [7, 11) is 0. The van der Waals surface area contributed by atoms with Gasteiger partial charge in [0.1, 0.15) is 11.6 Å². The Hall–Kier alpha value is -1.36. The molecule has 5 heteroatoms. The van der Waals surface area contributed by atoms with Crippen LogP contribution in [0.25, 0.3) is 0 Å². The number of rotatable bonds is 10. The van der Waals surface area contributed by atoms with Gasteiger partial charge in [-0.3, -0.25) is 0 Å². The van der Waals surface area contributed by atoms with Crippen molar-refractivity contribution in [3.05, 3.63) is 11.9 Å². The van der Waals surface area contributed by atoms with E-state index < -0.39 is 0 Å². The Kier molecular flexibility index (Phi) is 7.95. The van der Waals surface area contributed by atoms with E-state index in [1.165, 1.54) is 0 Å². The van der Waals surface area contributed by atoms with Gasteiger partial charge in [0.15, 0.2) is 0 Å². The van der Waals surface area contributed by atoms with E-state index in [0.717, 1.165) is 50.7 Å². The fourth-order valence-corrected chi connectivity index (χ4v) is 1.97. The largest absolute Gasteiger partial charge is 0.478 e. The van der Waals surface area contributed by atoms with Gasteiger partial charge < -0.3 is 15.0 Å². The van der Waals surface area contributed by atoms with Gasteiger partial charge in [-0.1, -0.05) is 20.8 Å². The maximum Gasteiger partial charge on any atom is 0.218 e. The van der Waals surface area contributed by atoms with Crippen molar-refractivity contribution in [3.8, 4) is 5.88 Å². The van der Waals surface area contributed by atoms with Crippen molar-refractivity contribution >= 4 is 5.82 Å². The van der Waals surface area contributed by atoms with Gasteiger partial charge in [-0.15, -0.1) is 0 Å². The Morgan fingerprint density at radius 2 is 1.95 bits per heavy atom. The fraction of sp³-hybridized carbons (Fsp3) is 0.733. The van der Waals surface area contributed by atoms with Crippen molar-refractivity contribution in [2.75, 3.05) is 38.1 Å². The van der Waals surface area contributed by atoms with E-state index in [2.05, 4.69) is 41.0 Å². The van der Waals surface area contributed by atoms with E-state index in [0.29, 0.717) is 12.5 Å². The lowest BCUT2D eigenvalue weighted by atomic mass is 10.3. The van der Waals surface area contributed by atoms with Gasteiger partial charge in [0.25, 0.3) is 0 Å². The molecule has 1 rings (SSSR count). The minimum atomic E-state index is 0.658. The van der Waals surface area contributed by atoms with E-state index in [-0.39, 0.29) is 0 Å². The molecule has 0 fully saturated rings. The first-order valence-electron chi connectivity index (χ1n) is 7.64. The summed E-state index contributed by atoms with van der Waals surface area (Å²) in [6.07, 6.45) is 2.09. The molecule has 0 saturated carbocycles. The molecule has 0 unspecified atom stereocenters. The van der Waals surface area contributed by atoms with Crippen LogP contribution in [-0.4, -0.2) is 47.7 Å². The SMILES string of the molecule is CCCOc1cc(NCCCN(CC)CC)nc(C)n1. The first-order valence-corrected chi connectivity index (χ1v) is 7.64. The number of nitrogens with one attached hydrogen (secondary N) is 1. The summed E-state index contributed by atoms with van der Waals surface area (Å²) >= 11 is 0. The summed E-state index contributed by atoms with van der Waals surface area (Å²) < 4.78 is 5.56. The van der Waals surface area contributed by atoms with E-state index in [4.69, 9.17) is 4.74 Å². The summed E-state index contributed by atoms with van der Waals surface area (Å²) in [6, 6.07) is 1.88. The maximum atomic E-state index is 5.56. The van der Waals surface area contributed by atoms with Crippen LogP contribution in [0.5, 0.6) is 5.88 Å². The fourth-order valence-electron chi connectivity index (χ4n) is 1.97. The lowest BCUT2D eigenvalue weighted by Crippen LogP contribution is -2.25. The number of aromatic nitrogens is 2. The second kappa shape index (κ2) is 9.53. The molecule has 0 amide bonds. The molecule has 0 spiro atoms. The summed E-state index contributed by atoms with van der Waals surface area (Å²) in [4.78, 5) is 11.1. The van der Waals surface area contributed by atoms with E-state index in [1.54, 1.807) is 0 Å². The van der Waals surface area contributed by atoms with Crippen molar-refractivity contribution in [1.82, 2.24) is 14.9 Å². The lowest BCUT2D eigenvalue weighted by Gasteiger charge is -2.17. The normalized spacial score (nSPS) is 10.8. The second-order valence-corrected chi connectivity index (χ2v) is 4.79. The van der Waals surface area contributed by atoms with Crippen LogP contribution >= 0.6 is 0 Å². The predicted octanol–water partition coefficient (Wildman–Crippen LogP) is 2.72. The molecule has 0 radical (unpaired) electrons. The molecule has 0 atom stereocenters. The standard InChI is InChI=1S/C15H28N4O/c1-5-11-20-15-12-14(17-13(4)18-15)16-9-8-10-19(6-2)7-3/h12H,5-11H2,1-4H3,(H,16,17,18). The number of ether oxygens (including phenoxy) is 1. The van der Waals surface area contributed by atoms with Gasteiger partial charge in [0, 0.05) is 12.6 Å². The Morgan fingerprint density at radius 3 is 2.60 bits per heavy atom. The Labute approximate surface area is 122 Å². The molecule has 0 aliphatic rings. The van der Waals surface area contributed by atoms with Crippen molar-refractivity contribution < 1.29 is 4.74 Å². The average molecular weight is 280 g/mol. The van der Waals surface area contributed by atoms with Crippen molar-refractivity contribution in [2.45, 2.75) is 40.5 Å². The minimum absolute atomic E-state index is 0.658. The van der Waals surface area contributed by atoms with Crippen LogP contribution in [0, 0.1) is 6.92 Å². The molecule has 0 aromatic carbocycles. The topological polar surface area (TPSA) is 50.3 Å². The van der Waals surface area contributed by atoms with Crippen molar-refractivity contribution in [3.63, 3.8) is 0 Å². The first kappa shape index (κ1) is 16.7. The quantitative estimate of drug-likeness (QED) is 0.668. The van der Waals surface area contributed by atoms with Crippen LogP contribution in [0.2, 0.25) is 0 Å². The highest BCUT2D eigenvalue weighted by atomic mass is 16.5. The molecule has 0 bridgehead atoms. The molecular formula is C15H28N4O. The third-order valence-electron chi connectivity index (χ3n) is 3.12. The first-order chi connectivity index (χ1) is 9.69. The smallest absolute Gasteiger partial charge is 0.218 e. The number of anilines is 1. The van der Waals surface area contributed by atoms with Crippen LogP contribution in [0.15, 0.2) is 6.07 Å². The maximum absolute atomic E-state index is 5.56. The zero-order valence-electron chi connectivity index (χ0n) is 13.3. The van der Waals surface area contributed by atoms with Crippen LogP contribution in [-0.2, 0) is 0 Å². The van der Waals surface area contributed by atoms with Crippen LogP contribution in [0.1, 0.15) is 39.4 Å². The Balaban J connectivity index is 2.41. The van der Waals surface area contributed by atoms with Gasteiger partial charge in [0.2, 0.25) is 5.88 Å². The number of hydrogen-bond donors (Lipinski definition) is 1. The van der Waals surface area contributed by atoms with E-state index >= 15 is 0 Å². The summed E-state index contributed by atoms with van der Waals surface area (Å²) in [5, 5.41) is 3.35. The van der Waals surface area contributed by atoms with Crippen LogP contribution in [0.4, 0.5) is 5.82 Å². The number of aryl methyl sites for hydroxylation is 1. The van der Waals surface area contributed by atoms with Gasteiger partial charge in [-0.2, -0.15) is 4.98 Å². The molecule has 1 N–H and O–H groups in total. The lowest BCUT2D eigenvalue weighted by molar-refractivity contribution is 0.302. The summed E-state index contributed by atoms with van der Waals surface area (Å²) in [6.45, 7) is 13.3. The Bertz CT molecular complexity index is 380. The monoisotopic (exact) mass is 280 g/mol. The Morgan fingerprint density at radius 1 is 1.20 bits per heavy atom. The molecule has 0 saturated heterocycles. The van der Waals surface area contributed by atoms with Gasteiger partial charge in [-0.05, 0) is 39.4 Å². The predicted molar refractivity (Wildman–Crippen MR) is 83.4 cm³/mol. The number of nitrogens with zero attached hydrogens (tertiary/aromatic N) is 3. The highest BCUT2D eigenvalue weighted by Crippen LogP contribution is 2.13. The molecule has 114 valence electrons. The number of hydrogen-bond acceptors (Lipinski definition) is 5. The molecule has 1 aromatic rings. The van der Waals surface area contributed by atoms with E-state index in [1.807, 2.05) is 13.0 Å².